The van der Waals surface area contributed by atoms with Crippen LogP contribution in [-0.2, 0) is 0 Å². The molecule has 0 aromatic rings. The van der Waals surface area contributed by atoms with Crippen LogP contribution in [0.5, 0.6) is 0 Å². The van der Waals surface area contributed by atoms with E-state index < -0.39 is 17.8 Å². The molecule has 0 aromatic carbocycles. The van der Waals surface area contributed by atoms with Crippen LogP contribution in [0.15, 0.2) is 11.7 Å². The lowest BCUT2D eigenvalue weighted by Gasteiger charge is -1.90. The third-order valence-electron chi connectivity index (χ3n) is 0.915. The smallest absolute Gasteiger partial charge is 0.450 e. The quantitative estimate of drug-likeness (QED) is 0.689. The molecule has 3 nitrogen and oxygen atoms in total. The van der Waals surface area contributed by atoms with Crippen LogP contribution in [0.1, 0.15) is 26.7 Å². The molecular formula is C7H12F2O3. The Labute approximate surface area is 69.3 Å². The number of hydrogen-bond donors (Lipinski definition) is 2. The molecule has 0 spiro atoms. The van der Waals surface area contributed by atoms with Crippen molar-refractivity contribution in [3.05, 3.63) is 11.7 Å². The van der Waals surface area contributed by atoms with Crippen molar-refractivity contribution < 1.29 is 23.8 Å². The summed E-state index contributed by atoms with van der Waals surface area (Å²) in [4.78, 5) is 8.56. The summed E-state index contributed by atoms with van der Waals surface area (Å²) in [6.07, 6.45) is -1.50. The van der Waals surface area contributed by atoms with E-state index in [1.54, 1.807) is 13.8 Å². The first-order chi connectivity index (χ1) is 5.45. The summed E-state index contributed by atoms with van der Waals surface area (Å²) in [5.41, 5.74) is 0. The van der Waals surface area contributed by atoms with Crippen molar-refractivity contribution in [3.8, 4) is 0 Å². The van der Waals surface area contributed by atoms with Gasteiger partial charge in [0.2, 0.25) is 0 Å². The summed E-state index contributed by atoms with van der Waals surface area (Å²) in [6, 6.07) is 0. The van der Waals surface area contributed by atoms with Crippen LogP contribution in [0.25, 0.3) is 0 Å². The number of hydrogen-bond acceptors (Lipinski definition) is 1. The van der Waals surface area contributed by atoms with E-state index in [4.69, 9.17) is 15.0 Å². The molecule has 0 rings (SSSR count). The second-order valence-corrected chi connectivity index (χ2v) is 1.80. The van der Waals surface area contributed by atoms with Gasteiger partial charge in [-0.3, -0.25) is 0 Å². The molecule has 72 valence electrons. The second-order valence-electron chi connectivity index (χ2n) is 1.80. The van der Waals surface area contributed by atoms with Crippen LogP contribution in [0, 0.1) is 0 Å². The summed E-state index contributed by atoms with van der Waals surface area (Å²) in [6.45, 7) is 3.18. The van der Waals surface area contributed by atoms with Gasteiger partial charge in [0.1, 0.15) is 11.7 Å². The van der Waals surface area contributed by atoms with Crippen molar-refractivity contribution in [2.45, 2.75) is 26.7 Å². The molecule has 0 aliphatic carbocycles. The number of carboxylic acid groups (broad SMARTS) is 2. The Balaban J connectivity index is 0. The predicted octanol–water partition coefficient (Wildman–Crippen LogP) is 3.18. The minimum Gasteiger partial charge on any atom is -0.450 e. The lowest BCUT2D eigenvalue weighted by molar-refractivity contribution is 0.137. The van der Waals surface area contributed by atoms with Gasteiger partial charge in [-0.25, -0.2) is 13.6 Å². The first-order valence-electron chi connectivity index (χ1n) is 3.40. The minimum absolute atomic E-state index is 0.166. The molecule has 0 aromatic heterocycles. The van der Waals surface area contributed by atoms with Gasteiger partial charge in [0.25, 0.3) is 0 Å². The topological polar surface area (TPSA) is 57.5 Å². The van der Waals surface area contributed by atoms with Crippen LogP contribution in [-0.4, -0.2) is 16.4 Å². The summed E-state index contributed by atoms with van der Waals surface area (Å²) < 4.78 is 24.1. The number of halogens is 2. The van der Waals surface area contributed by atoms with Gasteiger partial charge in [-0.1, -0.05) is 13.8 Å². The first kappa shape index (κ1) is 13.5. The molecule has 0 aliphatic rings. The van der Waals surface area contributed by atoms with Gasteiger partial charge in [-0.05, 0) is 12.8 Å². The Kier molecular flexibility index (Phi) is 8.94. The van der Waals surface area contributed by atoms with E-state index in [0.29, 0.717) is 0 Å². The number of allylic oxidation sites excluding steroid dienone is 2. The van der Waals surface area contributed by atoms with Gasteiger partial charge in [0, 0.05) is 0 Å². The lowest BCUT2D eigenvalue weighted by atomic mass is 10.3. The zero-order chi connectivity index (χ0) is 10.1. The lowest BCUT2D eigenvalue weighted by Crippen LogP contribution is -1.81. The highest BCUT2D eigenvalue weighted by Gasteiger charge is 1.98. The highest BCUT2D eigenvalue weighted by atomic mass is 19.2. The van der Waals surface area contributed by atoms with Crippen molar-refractivity contribution in [1.82, 2.24) is 0 Å². The van der Waals surface area contributed by atoms with E-state index in [9.17, 15) is 8.78 Å². The highest BCUT2D eigenvalue weighted by Crippen LogP contribution is 2.13. The van der Waals surface area contributed by atoms with Crippen LogP contribution < -0.4 is 0 Å². The van der Waals surface area contributed by atoms with E-state index in [0.717, 1.165) is 0 Å². The van der Waals surface area contributed by atoms with Gasteiger partial charge in [-0.15, -0.1) is 0 Å². The van der Waals surface area contributed by atoms with E-state index in [1.807, 2.05) is 0 Å². The van der Waals surface area contributed by atoms with Crippen molar-refractivity contribution in [1.29, 1.82) is 0 Å². The molecule has 0 aliphatic heterocycles. The maximum atomic E-state index is 12.0. The predicted molar refractivity (Wildman–Crippen MR) is 40.5 cm³/mol. The average Bonchev–Trinajstić information content (AvgIpc) is 2.00. The summed E-state index contributed by atoms with van der Waals surface area (Å²) in [5, 5.41) is 13.9. The monoisotopic (exact) mass is 182 g/mol. The fourth-order valence-corrected chi connectivity index (χ4v) is 0.384. The Hall–Kier alpha value is -1.13. The molecule has 12 heavy (non-hydrogen) atoms. The Bertz CT molecular complexity index is 150. The average molecular weight is 182 g/mol. The largest absolute Gasteiger partial charge is 0.503 e. The highest BCUT2D eigenvalue weighted by molar-refractivity contribution is 5.53. The molecule has 0 atom stereocenters. The Morgan fingerprint density at radius 2 is 1.25 bits per heavy atom. The zero-order valence-corrected chi connectivity index (χ0v) is 6.97. The van der Waals surface area contributed by atoms with Gasteiger partial charge >= 0.3 is 6.16 Å². The maximum Gasteiger partial charge on any atom is 0.503 e. The molecule has 5 heteroatoms. The minimum atomic E-state index is -1.83. The first-order valence-corrected chi connectivity index (χ1v) is 3.40. The second kappa shape index (κ2) is 7.97. The van der Waals surface area contributed by atoms with Crippen molar-refractivity contribution in [3.63, 3.8) is 0 Å². The van der Waals surface area contributed by atoms with Crippen LogP contribution in [0.3, 0.4) is 0 Å². The summed E-state index contributed by atoms with van der Waals surface area (Å²) in [5.74, 6) is -1.24. The van der Waals surface area contributed by atoms with Gasteiger partial charge < -0.3 is 10.2 Å². The summed E-state index contributed by atoms with van der Waals surface area (Å²) in [7, 11) is 0. The molecule has 2 N–H and O–H groups in total. The van der Waals surface area contributed by atoms with E-state index in [2.05, 4.69) is 0 Å². The van der Waals surface area contributed by atoms with Crippen LogP contribution in [0.4, 0.5) is 13.6 Å². The van der Waals surface area contributed by atoms with Crippen molar-refractivity contribution in [2.75, 3.05) is 0 Å². The third kappa shape index (κ3) is 11.6. The van der Waals surface area contributed by atoms with Crippen LogP contribution in [0.2, 0.25) is 0 Å². The molecule has 0 fully saturated rings. The summed E-state index contributed by atoms with van der Waals surface area (Å²) >= 11 is 0. The molecule has 0 heterocycles. The third-order valence-corrected chi connectivity index (χ3v) is 0.915. The van der Waals surface area contributed by atoms with Crippen LogP contribution >= 0.6 is 0 Å². The maximum absolute atomic E-state index is 12.0. The molecule has 0 saturated heterocycles. The van der Waals surface area contributed by atoms with Gasteiger partial charge in [0.05, 0.1) is 0 Å². The van der Waals surface area contributed by atoms with E-state index in [-0.39, 0.29) is 12.8 Å². The number of rotatable bonds is 2. The van der Waals surface area contributed by atoms with Gasteiger partial charge in [-0.2, -0.15) is 0 Å². The van der Waals surface area contributed by atoms with Crippen molar-refractivity contribution in [2.24, 2.45) is 0 Å². The normalized spacial score (nSPS) is 11.0. The fraction of sp³-hybridized carbons (Fsp3) is 0.571. The van der Waals surface area contributed by atoms with Gasteiger partial charge in [0.15, 0.2) is 0 Å². The molecule has 0 unspecified atom stereocenters. The fourth-order valence-electron chi connectivity index (χ4n) is 0.384. The zero-order valence-electron chi connectivity index (χ0n) is 6.97. The molecule has 0 bridgehead atoms. The Morgan fingerprint density at radius 1 is 1.08 bits per heavy atom. The van der Waals surface area contributed by atoms with Crippen molar-refractivity contribution >= 4 is 6.16 Å². The molecule has 0 amide bonds. The Morgan fingerprint density at radius 3 is 1.33 bits per heavy atom. The molecular weight excluding hydrogens is 170 g/mol. The molecule has 0 saturated carbocycles. The van der Waals surface area contributed by atoms with E-state index in [1.165, 1.54) is 0 Å². The van der Waals surface area contributed by atoms with E-state index >= 15 is 0 Å². The SMILES string of the molecule is CCC(F)=C(F)CC.O=C(O)O. The number of carbonyl (C=O) groups is 1. The standard InChI is InChI=1S/C6H10F2.CH2O3/c1-3-5(7)6(8)4-2;2-1(3)4/h3-4H2,1-2H3;(H2,2,3,4). The molecule has 0 radical (unpaired) electrons.